The summed E-state index contributed by atoms with van der Waals surface area (Å²) in [6.07, 6.45) is 2.05. The average Bonchev–Trinajstić information content (AvgIpc) is 2.89. The van der Waals surface area contributed by atoms with Crippen LogP contribution in [0.4, 0.5) is 5.69 Å². The van der Waals surface area contributed by atoms with Crippen LogP contribution < -0.4 is 10.6 Å². The van der Waals surface area contributed by atoms with Gasteiger partial charge in [0.15, 0.2) is 0 Å². The largest absolute Gasteiger partial charge is 0.378 e. The highest BCUT2D eigenvalue weighted by Crippen LogP contribution is 2.20. The van der Waals surface area contributed by atoms with E-state index in [9.17, 15) is 0 Å². The molecule has 0 spiro atoms. The first-order chi connectivity index (χ1) is 8.66. The van der Waals surface area contributed by atoms with Gasteiger partial charge in [0.1, 0.15) is 0 Å². The monoisotopic (exact) mass is 260 g/mol. The van der Waals surface area contributed by atoms with Crippen LogP contribution in [0.1, 0.15) is 23.6 Å². The Labute approximate surface area is 113 Å². The fourth-order valence-corrected chi connectivity index (χ4v) is 2.65. The van der Waals surface area contributed by atoms with E-state index in [1.165, 1.54) is 16.8 Å². The van der Waals surface area contributed by atoms with Crippen LogP contribution in [0, 0.1) is 0 Å². The highest BCUT2D eigenvalue weighted by atomic mass is 32.1. The maximum Gasteiger partial charge on any atom is 0.0361 e. The Hall–Kier alpha value is -1.32. The summed E-state index contributed by atoms with van der Waals surface area (Å²) in [6, 6.07) is 10.8. The highest BCUT2D eigenvalue weighted by Gasteiger charge is 2.06. The zero-order chi connectivity index (χ0) is 13.0. The Morgan fingerprint density at radius 1 is 1.17 bits per heavy atom. The molecule has 2 aromatic rings. The van der Waals surface area contributed by atoms with E-state index in [1.807, 2.05) is 14.1 Å². The smallest absolute Gasteiger partial charge is 0.0361 e. The lowest BCUT2D eigenvalue weighted by Gasteiger charge is -2.15. The molecular formula is C15H20N2S. The predicted molar refractivity (Wildman–Crippen MR) is 80.3 cm³/mol. The van der Waals surface area contributed by atoms with Crippen LogP contribution in [-0.4, -0.2) is 14.1 Å². The molecule has 0 saturated heterocycles. The van der Waals surface area contributed by atoms with Crippen molar-refractivity contribution in [2.75, 3.05) is 19.0 Å². The second kappa shape index (κ2) is 6.03. The summed E-state index contributed by atoms with van der Waals surface area (Å²) in [6.45, 7) is 0. The third-order valence-corrected chi connectivity index (χ3v) is 3.89. The van der Waals surface area contributed by atoms with Crippen LogP contribution in [0.15, 0.2) is 41.1 Å². The molecule has 2 nitrogen and oxygen atoms in total. The first kappa shape index (κ1) is 13.1. The molecule has 1 heterocycles. The summed E-state index contributed by atoms with van der Waals surface area (Å²) >= 11 is 1.75. The summed E-state index contributed by atoms with van der Waals surface area (Å²) in [4.78, 5) is 2.10. The average molecular weight is 260 g/mol. The Morgan fingerprint density at radius 3 is 2.44 bits per heavy atom. The fraction of sp³-hybridized carbons (Fsp3) is 0.333. The lowest BCUT2D eigenvalue weighted by molar-refractivity contribution is 0.652. The molecule has 1 atom stereocenters. The molecule has 3 heteroatoms. The molecule has 2 rings (SSSR count). The summed E-state index contributed by atoms with van der Waals surface area (Å²) in [5, 5.41) is 4.31. The van der Waals surface area contributed by atoms with E-state index in [0.29, 0.717) is 0 Å². The number of nitrogens with two attached hydrogens (primary N) is 1. The lowest BCUT2D eigenvalue weighted by Crippen LogP contribution is -2.12. The maximum atomic E-state index is 6.23. The van der Waals surface area contributed by atoms with Gasteiger partial charge in [0.05, 0.1) is 0 Å². The van der Waals surface area contributed by atoms with Crippen molar-refractivity contribution in [1.82, 2.24) is 0 Å². The van der Waals surface area contributed by atoms with Crippen molar-refractivity contribution in [2.24, 2.45) is 5.73 Å². The summed E-state index contributed by atoms with van der Waals surface area (Å²) < 4.78 is 0. The third kappa shape index (κ3) is 3.34. The van der Waals surface area contributed by atoms with Crippen molar-refractivity contribution in [3.05, 3.63) is 52.2 Å². The zero-order valence-corrected chi connectivity index (χ0v) is 11.8. The van der Waals surface area contributed by atoms with Crippen LogP contribution in [0.25, 0.3) is 0 Å². The standard InChI is InChI=1S/C15H20N2S/c1-17(2)14-6-4-13(5-7-14)15(16)8-3-12-9-10-18-11-12/h4-7,9-11,15H,3,8,16H2,1-2H3. The first-order valence-corrected chi connectivity index (χ1v) is 7.15. The SMILES string of the molecule is CN(C)c1ccc(C(N)CCc2ccsc2)cc1. The maximum absolute atomic E-state index is 6.23. The molecule has 0 aliphatic rings. The van der Waals surface area contributed by atoms with Crippen LogP contribution in [0.2, 0.25) is 0 Å². The van der Waals surface area contributed by atoms with Crippen molar-refractivity contribution in [1.29, 1.82) is 0 Å². The minimum absolute atomic E-state index is 0.126. The minimum atomic E-state index is 0.126. The van der Waals surface area contributed by atoms with Gasteiger partial charge in [-0.15, -0.1) is 0 Å². The van der Waals surface area contributed by atoms with Crippen LogP contribution >= 0.6 is 11.3 Å². The van der Waals surface area contributed by atoms with Gasteiger partial charge < -0.3 is 10.6 Å². The molecule has 0 aliphatic heterocycles. The molecular weight excluding hydrogens is 240 g/mol. The van der Waals surface area contributed by atoms with E-state index in [1.54, 1.807) is 11.3 Å². The predicted octanol–water partition coefficient (Wildman–Crippen LogP) is 3.45. The number of hydrogen-bond acceptors (Lipinski definition) is 3. The third-order valence-electron chi connectivity index (χ3n) is 3.16. The summed E-state index contributed by atoms with van der Waals surface area (Å²) in [5.74, 6) is 0. The number of rotatable bonds is 5. The van der Waals surface area contributed by atoms with E-state index in [-0.39, 0.29) is 6.04 Å². The second-order valence-electron chi connectivity index (χ2n) is 4.76. The van der Waals surface area contributed by atoms with E-state index in [2.05, 4.69) is 46.0 Å². The molecule has 1 aromatic carbocycles. The molecule has 0 saturated carbocycles. The number of hydrogen-bond donors (Lipinski definition) is 1. The van der Waals surface area contributed by atoms with Crippen molar-refractivity contribution in [3.63, 3.8) is 0 Å². The van der Waals surface area contributed by atoms with Gasteiger partial charge in [0, 0.05) is 25.8 Å². The van der Waals surface area contributed by atoms with Crippen molar-refractivity contribution in [2.45, 2.75) is 18.9 Å². The van der Waals surface area contributed by atoms with Gasteiger partial charge in [-0.1, -0.05) is 12.1 Å². The molecule has 0 bridgehead atoms. The Balaban J connectivity index is 1.94. The molecule has 2 N–H and O–H groups in total. The zero-order valence-electron chi connectivity index (χ0n) is 11.0. The van der Waals surface area contributed by atoms with Gasteiger partial charge in [-0.05, 0) is 52.9 Å². The second-order valence-corrected chi connectivity index (χ2v) is 5.54. The lowest BCUT2D eigenvalue weighted by atomic mass is 10.0. The van der Waals surface area contributed by atoms with Crippen LogP contribution in [0.5, 0.6) is 0 Å². The van der Waals surface area contributed by atoms with E-state index >= 15 is 0 Å². The van der Waals surface area contributed by atoms with Gasteiger partial charge >= 0.3 is 0 Å². The van der Waals surface area contributed by atoms with Crippen LogP contribution in [0.3, 0.4) is 0 Å². The number of nitrogens with zero attached hydrogens (tertiary/aromatic N) is 1. The molecule has 0 amide bonds. The van der Waals surface area contributed by atoms with Crippen molar-refractivity contribution >= 4 is 17.0 Å². The van der Waals surface area contributed by atoms with Gasteiger partial charge in [-0.25, -0.2) is 0 Å². The molecule has 1 unspecified atom stereocenters. The quantitative estimate of drug-likeness (QED) is 0.892. The van der Waals surface area contributed by atoms with Crippen molar-refractivity contribution in [3.8, 4) is 0 Å². The topological polar surface area (TPSA) is 29.3 Å². The molecule has 0 fully saturated rings. The molecule has 96 valence electrons. The van der Waals surface area contributed by atoms with E-state index in [4.69, 9.17) is 5.73 Å². The molecule has 18 heavy (non-hydrogen) atoms. The molecule has 0 radical (unpaired) electrons. The first-order valence-electron chi connectivity index (χ1n) is 6.21. The van der Waals surface area contributed by atoms with Gasteiger partial charge in [0.25, 0.3) is 0 Å². The van der Waals surface area contributed by atoms with E-state index < -0.39 is 0 Å². The van der Waals surface area contributed by atoms with Gasteiger partial charge in [-0.2, -0.15) is 11.3 Å². The Morgan fingerprint density at radius 2 is 1.89 bits per heavy atom. The van der Waals surface area contributed by atoms with Crippen LogP contribution in [-0.2, 0) is 6.42 Å². The minimum Gasteiger partial charge on any atom is -0.378 e. The molecule has 1 aromatic heterocycles. The highest BCUT2D eigenvalue weighted by molar-refractivity contribution is 7.07. The Kier molecular flexibility index (Phi) is 4.39. The van der Waals surface area contributed by atoms with Crippen molar-refractivity contribution < 1.29 is 0 Å². The number of benzene rings is 1. The summed E-state index contributed by atoms with van der Waals surface area (Å²) in [7, 11) is 4.09. The fourth-order valence-electron chi connectivity index (χ4n) is 1.94. The normalized spacial score (nSPS) is 12.4. The number of aryl methyl sites for hydroxylation is 1. The molecule has 0 aliphatic carbocycles. The number of thiophene rings is 1. The van der Waals surface area contributed by atoms with E-state index in [0.717, 1.165) is 12.8 Å². The summed E-state index contributed by atoms with van der Waals surface area (Å²) in [5.41, 5.74) is 10.0. The van der Waals surface area contributed by atoms with Gasteiger partial charge in [0.2, 0.25) is 0 Å². The number of anilines is 1. The Bertz CT molecular complexity index is 460. The van der Waals surface area contributed by atoms with Gasteiger partial charge in [-0.3, -0.25) is 0 Å².